The van der Waals surface area contributed by atoms with Crippen LogP contribution in [0.5, 0.6) is 0 Å². The predicted molar refractivity (Wildman–Crippen MR) is 71.9 cm³/mol. The van der Waals surface area contributed by atoms with Crippen LogP contribution in [0.15, 0.2) is 28.7 Å². The topological polar surface area (TPSA) is 21.3 Å². The summed E-state index contributed by atoms with van der Waals surface area (Å²) in [5, 5.41) is 3.66. The van der Waals surface area contributed by atoms with E-state index < -0.39 is 0 Å². The van der Waals surface area contributed by atoms with Gasteiger partial charge in [0.1, 0.15) is 0 Å². The molecule has 2 nitrogen and oxygen atoms in total. The molecule has 2 fully saturated rings. The van der Waals surface area contributed by atoms with Crippen molar-refractivity contribution < 1.29 is 4.74 Å². The number of halogens is 1. The van der Waals surface area contributed by atoms with Gasteiger partial charge in [0, 0.05) is 23.7 Å². The Morgan fingerprint density at radius 1 is 1.24 bits per heavy atom. The van der Waals surface area contributed by atoms with Crippen LogP contribution in [0.3, 0.4) is 0 Å². The zero-order chi connectivity index (χ0) is 11.7. The normalized spacial score (nSPS) is 28.5. The Bertz CT molecular complexity index is 392. The third kappa shape index (κ3) is 2.72. The first kappa shape index (κ1) is 11.7. The monoisotopic (exact) mass is 295 g/mol. The molecular formula is C14H18BrNO. The number of nitrogens with one attached hydrogen (secondary N) is 1. The average Bonchev–Trinajstić information content (AvgIpc) is 3.08. The van der Waals surface area contributed by atoms with Crippen LogP contribution in [-0.4, -0.2) is 18.8 Å². The molecule has 17 heavy (non-hydrogen) atoms. The third-order valence-corrected chi connectivity index (χ3v) is 4.51. The van der Waals surface area contributed by atoms with Gasteiger partial charge in [0.15, 0.2) is 0 Å². The molecule has 2 unspecified atom stereocenters. The maximum absolute atomic E-state index is 5.83. The summed E-state index contributed by atoms with van der Waals surface area (Å²) in [5.41, 5.74) is 1.33. The summed E-state index contributed by atoms with van der Waals surface area (Å²) in [6, 6.07) is 8.96. The van der Waals surface area contributed by atoms with Crippen molar-refractivity contribution in [3.63, 3.8) is 0 Å². The molecule has 2 aliphatic rings. The van der Waals surface area contributed by atoms with Gasteiger partial charge in [-0.2, -0.15) is 0 Å². The smallest absolute Gasteiger partial charge is 0.0757 e. The van der Waals surface area contributed by atoms with E-state index in [2.05, 4.69) is 45.5 Å². The first-order chi connectivity index (χ1) is 8.34. The predicted octanol–water partition coefficient (Wildman–Crippen LogP) is 3.11. The number of hydrogen-bond acceptors (Lipinski definition) is 2. The van der Waals surface area contributed by atoms with Crippen LogP contribution in [0.4, 0.5) is 0 Å². The number of ether oxygens (including phenoxy) is 1. The first-order valence-corrected chi connectivity index (χ1v) is 7.22. The summed E-state index contributed by atoms with van der Waals surface area (Å²) < 4.78 is 7.02. The lowest BCUT2D eigenvalue weighted by Crippen LogP contribution is -2.37. The molecule has 1 saturated carbocycles. The van der Waals surface area contributed by atoms with Gasteiger partial charge in [0.2, 0.25) is 0 Å². The van der Waals surface area contributed by atoms with E-state index in [-0.39, 0.29) is 0 Å². The summed E-state index contributed by atoms with van der Waals surface area (Å²) in [6.45, 7) is 1.85. The van der Waals surface area contributed by atoms with Crippen molar-refractivity contribution in [3.05, 3.63) is 34.3 Å². The molecule has 1 aliphatic heterocycles. The highest BCUT2D eigenvalue weighted by molar-refractivity contribution is 9.10. The second kappa shape index (κ2) is 5.09. The van der Waals surface area contributed by atoms with Gasteiger partial charge in [0.25, 0.3) is 0 Å². The van der Waals surface area contributed by atoms with Gasteiger partial charge < -0.3 is 10.1 Å². The molecule has 1 saturated heterocycles. The van der Waals surface area contributed by atoms with Gasteiger partial charge in [-0.25, -0.2) is 0 Å². The zero-order valence-corrected chi connectivity index (χ0v) is 11.4. The molecular weight excluding hydrogens is 278 g/mol. The first-order valence-electron chi connectivity index (χ1n) is 6.43. The van der Waals surface area contributed by atoms with Crippen LogP contribution >= 0.6 is 15.9 Å². The van der Waals surface area contributed by atoms with Crippen LogP contribution < -0.4 is 5.32 Å². The number of hydrogen-bond donors (Lipinski definition) is 1. The van der Waals surface area contributed by atoms with Gasteiger partial charge in [-0.05, 0) is 36.8 Å². The maximum atomic E-state index is 5.83. The lowest BCUT2D eigenvalue weighted by atomic mass is 10.1. The lowest BCUT2D eigenvalue weighted by molar-refractivity contribution is 0.0809. The zero-order valence-electron chi connectivity index (χ0n) is 9.86. The molecule has 3 rings (SSSR count). The van der Waals surface area contributed by atoms with E-state index in [1.165, 1.54) is 22.9 Å². The second-order valence-corrected chi connectivity index (χ2v) is 5.89. The van der Waals surface area contributed by atoms with Crippen molar-refractivity contribution in [1.82, 2.24) is 5.32 Å². The molecule has 1 aromatic rings. The Hall–Kier alpha value is -0.380. The molecule has 1 N–H and O–H groups in total. The van der Waals surface area contributed by atoms with Crippen LogP contribution in [0.25, 0.3) is 0 Å². The summed E-state index contributed by atoms with van der Waals surface area (Å²) >= 11 is 3.59. The molecule has 0 spiro atoms. The molecule has 0 aromatic heterocycles. The molecule has 1 heterocycles. The Balaban J connectivity index is 1.58. The fourth-order valence-electron chi connectivity index (χ4n) is 2.60. The summed E-state index contributed by atoms with van der Waals surface area (Å²) in [6.07, 6.45) is 4.35. The van der Waals surface area contributed by atoms with E-state index in [1.54, 1.807) is 0 Å². The van der Waals surface area contributed by atoms with Crippen molar-refractivity contribution in [1.29, 1.82) is 0 Å². The molecule has 0 amide bonds. The van der Waals surface area contributed by atoms with Gasteiger partial charge in [-0.15, -0.1) is 0 Å². The van der Waals surface area contributed by atoms with E-state index in [1.807, 2.05) is 0 Å². The average molecular weight is 296 g/mol. The SMILES string of the molecule is Brc1ccccc1CNC1CCOC1C1CC1. The van der Waals surface area contributed by atoms with Crippen molar-refractivity contribution in [2.75, 3.05) is 6.61 Å². The highest BCUT2D eigenvalue weighted by Gasteiger charge is 2.40. The molecule has 92 valence electrons. The quantitative estimate of drug-likeness (QED) is 0.922. The summed E-state index contributed by atoms with van der Waals surface area (Å²) in [7, 11) is 0. The van der Waals surface area contributed by atoms with Crippen molar-refractivity contribution in [3.8, 4) is 0 Å². The fraction of sp³-hybridized carbons (Fsp3) is 0.571. The van der Waals surface area contributed by atoms with Crippen LogP contribution in [-0.2, 0) is 11.3 Å². The van der Waals surface area contributed by atoms with E-state index in [4.69, 9.17) is 4.74 Å². The van der Waals surface area contributed by atoms with Crippen molar-refractivity contribution in [2.45, 2.75) is 38.0 Å². The van der Waals surface area contributed by atoms with Crippen LogP contribution in [0.2, 0.25) is 0 Å². The molecule has 0 bridgehead atoms. The fourth-order valence-corrected chi connectivity index (χ4v) is 3.03. The minimum atomic E-state index is 0.470. The number of benzene rings is 1. The van der Waals surface area contributed by atoms with Crippen molar-refractivity contribution in [2.24, 2.45) is 5.92 Å². The molecule has 0 radical (unpaired) electrons. The highest BCUT2D eigenvalue weighted by atomic mass is 79.9. The van der Waals surface area contributed by atoms with Gasteiger partial charge >= 0.3 is 0 Å². The number of rotatable bonds is 4. The molecule has 2 atom stereocenters. The second-order valence-electron chi connectivity index (χ2n) is 5.04. The Morgan fingerprint density at radius 3 is 2.82 bits per heavy atom. The van der Waals surface area contributed by atoms with Crippen LogP contribution in [0.1, 0.15) is 24.8 Å². The largest absolute Gasteiger partial charge is 0.376 e. The van der Waals surface area contributed by atoms with E-state index in [9.17, 15) is 0 Å². The highest BCUT2D eigenvalue weighted by Crippen LogP contribution is 2.38. The maximum Gasteiger partial charge on any atom is 0.0757 e. The molecule has 1 aliphatic carbocycles. The molecule has 1 aromatic carbocycles. The minimum Gasteiger partial charge on any atom is -0.376 e. The van der Waals surface area contributed by atoms with E-state index >= 15 is 0 Å². The van der Waals surface area contributed by atoms with Gasteiger partial charge in [-0.1, -0.05) is 34.1 Å². The summed E-state index contributed by atoms with van der Waals surface area (Å²) in [5.74, 6) is 0.828. The van der Waals surface area contributed by atoms with E-state index in [0.717, 1.165) is 25.5 Å². The Morgan fingerprint density at radius 2 is 2.06 bits per heavy atom. The third-order valence-electron chi connectivity index (χ3n) is 3.73. The standard InChI is InChI=1S/C14H18BrNO/c15-12-4-2-1-3-11(12)9-16-13-7-8-17-14(13)10-5-6-10/h1-4,10,13-14,16H,5-9H2. The molecule has 3 heteroatoms. The minimum absolute atomic E-state index is 0.470. The lowest BCUT2D eigenvalue weighted by Gasteiger charge is -2.19. The van der Waals surface area contributed by atoms with Crippen LogP contribution in [0, 0.1) is 5.92 Å². The van der Waals surface area contributed by atoms with E-state index in [0.29, 0.717) is 12.1 Å². The summed E-state index contributed by atoms with van der Waals surface area (Å²) in [4.78, 5) is 0. The van der Waals surface area contributed by atoms with Gasteiger partial charge in [0.05, 0.1) is 6.10 Å². The Labute approximate surface area is 111 Å². The van der Waals surface area contributed by atoms with Crippen molar-refractivity contribution >= 4 is 15.9 Å². The van der Waals surface area contributed by atoms with Gasteiger partial charge in [-0.3, -0.25) is 0 Å². The Kier molecular flexibility index (Phi) is 3.50.